The van der Waals surface area contributed by atoms with Crippen LogP contribution in [-0.4, -0.2) is 14.8 Å². The molecule has 2 heterocycles. The van der Waals surface area contributed by atoms with Crippen LogP contribution >= 0.6 is 0 Å². The van der Waals surface area contributed by atoms with Gasteiger partial charge in [-0.05, 0) is 42.4 Å². The summed E-state index contributed by atoms with van der Waals surface area (Å²) in [6.45, 7) is 0. The summed E-state index contributed by atoms with van der Waals surface area (Å²) >= 11 is 0. The summed E-state index contributed by atoms with van der Waals surface area (Å²) in [7, 11) is 0. The Bertz CT molecular complexity index is 1120. The number of ether oxygens (including phenoxy) is 1. The maximum absolute atomic E-state index is 13.8. The van der Waals surface area contributed by atoms with Crippen LogP contribution in [0.4, 0.5) is 4.39 Å². The molecule has 118 valence electrons. The van der Waals surface area contributed by atoms with Crippen molar-refractivity contribution in [3.05, 3.63) is 83.1 Å². The van der Waals surface area contributed by atoms with Crippen LogP contribution in [-0.2, 0) is 0 Å². The SMILES string of the molecule is [2H]c1cccc(Oc2ccc(-n3ccc4c(=O)[nH]ncc43)cc2)c1F. The predicted molar refractivity (Wildman–Crippen MR) is 88.2 cm³/mol. The Morgan fingerprint density at radius 2 is 2.00 bits per heavy atom. The van der Waals surface area contributed by atoms with Crippen LogP contribution in [0, 0.1) is 5.82 Å². The molecule has 0 aliphatic rings. The molecule has 5 nitrogen and oxygen atoms in total. The van der Waals surface area contributed by atoms with E-state index in [1.54, 1.807) is 48.8 Å². The zero-order valence-corrected chi connectivity index (χ0v) is 12.4. The summed E-state index contributed by atoms with van der Waals surface area (Å²) in [5.74, 6) is -0.253. The van der Waals surface area contributed by atoms with E-state index in [0.717, 1.165) is 5.69 Å². The minimum atomic E-state index is -0.701. The second kappa shape index (κ2) is 5.66. The maximum atomic E-state index is 13.8. The Balaban J connectivity index is 1.67. The molecule has 4 aromatic rings. The Labute approximate surface area is 137 Å². The molecule has 0 unspecified atom stereocenters. The molecular formula is C18H12FN3O2. The Morgan fingerprint density at radius 1 is 1.17 bits per heavy atom. The second-order valence-corrected chi connectivity index (χ2v) is 5.13. The van der Waals surface area contributed by atoms with Gasteiger partial charge in [0.15, 0.2) is 11.6 Å². The number of nitrogens with one attached hydrogen (secondary N) is 1. The first kappa shape index (κ1) is 13.1. The van der Waals surface area contributed by atoms with Gasteiger partial charge >= 0.3 is 0 Å². The highest BCUT2D eigenvalue weighted by atomic mass is 19.1. The number of aromatic nitrogens is 3. The number of benzene rings is 2. The average molecular weight is 322 g/mol. The topological polar surface area (TPSA) is 59.9 Å². The predicted octanol–water partition coefficient (Wildman–Crippen LogP) is 3.65. The van der Waals surface area contributed by atoms with Gasteiger partial charge in [-0.15, -0.1) is 0 Å². The van der Waals surface area contributed by atoms with Crippen molar-refractivity contribution in [3.8, 4) is 17.2 Å². The third-order valence-electron chi connectivity index (χ3n) is 3.64. The van der Waals surface area contributed by atoms with Gasteiger partial charge < -0.3 is 9.30 Å². The van der Waals surface area contributed by atoms with Gasteiger partial charge in [0.05, 0.1) is 18.5 Å². The normalized spacial score (nSPS) is 11.5. The summed E-state index contributed by atoms with van der Waals surface area (Å²) in [5.41, 5.74) is 1.25. The van der Waals surface area contributed by atoms with Crippen LogP contribution in [0.3, 0.4) is 0 Å². The van der Waals surface area contributed by atoms with Crippen LogP contribution in [0.5, 0.6) is 11.5 Å². The molecule has 0 saturated heterocycles. The molecule has 0 radical (unpaired) electrons. The highest BCUT2D eigenvalue weighted by molar-refractivity contribution is 5.79. The summed E-state index contributed by atoms with van der Waals surface area (Å²) in [4.78, 5) is 11.7. The largest absolute Gasteiger partial charge is 0.454 e. The van der Waals surface area contributed by atoms with Gasteiger partial charge in [-0.1, -0.05) is 12.1 Å². The van der Waals surface area contributed by atoms with Gasteiger partial charge in [-0.3, -0.25) is 4.79 Å². The third-order valence-corrected chi connectivity index (χ3v) is 3.64. The number of nitrogens with zero attached hydrogens (tertiary/aromatic N) is 2. The van der Waals surface area contributed by atoms with Crippen molar-refractivity contribution in [2.24, 2.45) is 0 Å². The minimum absolute atomic E-state index is 0.00222. The molecule has 24 heavy (non-hydrogen) atoms. The number of hydrogen-bond donors (Lipinski definition) is 1. The number of H-pyrrole nitrogens is 1. The van der Waals surface area contributed by atoms with Crippen LogP contribution in [0.25, 0.3) is 16.6 Å². The molecule has 0 aliphatic heterocycles. The van der Waals surface area contributed by atoms with Crippen LogP contribution in [0.15, 0.2) is 71.8 Å². The molecule has 0 fully saturated rings. The van der Waals surface area contributed by atoms with Gasteiger partial charge in [0, 0.05) is 11.9 Å². The molecule has 0 spiro atoms. The van der Waals surface area contributed by atoms with Gasteiger partial charge in [0.1, 0.15) is 5.75 Å². The van der Waals surface area contributed by atoms with Crippen molar-refractivity contribution in [1.29, 1.82) is 0 Å². The van der Waals surface area contributed by atoms with E-state index in [-0.39, 0.29) is 17.4 Å². The molecule has 0 atom stereocenters. The summed E-state index contributed by atoms with van der Waals surface area (Å²) in [5, 5.41) is 6.76. The lowest BCUT2D eigenvalue weighted by Gasteiger charge is -2.09. The quantitative estimate of drug-likeness (QED) is 0.626. The zero-order valence-electron chi connectivity index (χ0n) is 13.4. The lowest BCUT2D eigenvalue weighted by Crippen LogP contribution is -2.07. The van der Waals surface area contributed by atoms with Crippen LogP contribution in [0.2, 0.25) is 0 Å². The Hall–Kier alpha value is -3.41. The molecule has 0 amide bonds. The fourth-order valence-electron chi connectivity index (χ4n) is 2.49. The molecule has 0 saturated carbocycles. The smallest absolute Gasteiger partial charge is 0.273 e. The van der Waals surface area contributed by atoms with Crippen LogP contribution in [0.1, 0.15) is 1.37 Å². The average Bonchev–Trinajstić information content (AvgIpc) is 3.05. The highest BCUT2D eigenvalue weighted by Crippen LogP contribution is 2.25. The van der Waals surface area contributed by atoms with E-state index in [2.05, 4.69) is 10.2 Å². The first-order chi connectivity index (χ1) is 12.1. The van der Waals surface area contributed by atoms with Gasteiger partial charge in [0.2, 0.25) is 0 Å². The minimum Gasteiger partial charge on any atom is -0.454 e. The molecule has 1 N–H and O–H groups in total. The van der Waals surface area contributed by atoms with Crippen LogP contribution < -0.4 is 10.3 Å². The van der Waals surface area contributed by atoms with E-state index in [1.807, 2.05) is 4.57 Å². The van der Waals surface area contributed by atoms with E-state index in [4.69, 9.17) is 6.11 Å². The van der Waals surface area contributed by atoms with Crippen molar-refractivity contribution in [2.45, 2.75) is 0 Å². The second-order valence-electron chi connectivity index (χ2n) is 5.13. The Kier molecular flexibility index (Phi) is 3.08. The highest BCUT2D eigenvalue weighted by Gasteiger charge is 2.07. The van der Waals surface area contributed by atoms with E-state index < -0.39 is 5.82 Å². The van der Waals surface area contributed by atoms with Crippen molar-refractivity contribution >= 4 is 10.9 Å². The first-order valence-electron chi connectivity index (χ1n) is 7.71. The molecular weight excluding hydrogens is 309 g/mol. The number of rotatable bonds is 3. The maximum Gasteiger partial charge on any atom is 0.273 e. The Morgan fingerprint density at radius 3 is 2.83 bits per heavy atom. The van der Waals surface area contributed by atoms with E-state index in [9.17, 15) is 9.18 Å². The molecule has 4 rings (SSSR count). The molecule has 0 aliphatic carbocycles. The van der Waals surface area contributed by atoms with Gasteiger partial charge in [-0.25, -0.2) is 9.49 Å². The fourth-order valence-corrected chi connectivity index (χ4v) is 2.49. The third kappa shape index (κ3) is 2.44. The van der Waals surface area contributed by atoms with Crippen molar-refractivity contribution in [1.82, 2.24) is 14.8 Å². The van der Waals surface area contributed by atoms with Gasteiger partial charge in [0.25, 0.3) is 5.56 Å². The summed E-state index contributed by atoms with van der Waals surface area (Å²) < 4.78 is 28.6. The summed E-state index contributed by atoms with van der Waals surface area (Å²) in [6.07, 6.45) is 3.36. The van der Waals surface area contributed by atoms with Crippen molar-refractivity contribution in [3.63, 3.8) is 0 Å². The number of hydrogen-bond acceptors (Lipinski definition) is 3. The van der Waals surface area contributed by atoms with E-state index in [1.165, 1.54) is 12.1 Å². The van der Waals surface area contributed by atoms with Gasteiger partial charge in [-0.2, -0.15) is 5.10 Å². The lowest BCUT2D eigenvalue weighted by atomic mass is 10.3. The number of halogens is 1. The molecule has 2 aromatic heterocycles. The number of fused-ring (bicyclic) bond motifs is 1. The molecule has 2 aromatic carbocycles. The standard InChI is InChI=1S/C18H12FN3O2/c19-15-3-1-2-4-17(15)24-13-7-5-12(6-8-13)22-10-9-14-16(22)11-20-21-18(14)23/h1-11H,(H,21,23)/i3D. The number of aromatic amines is 1. The van der Waals surface area contributed by atoms with E-state index >= 15 is 0 Å². The molecule has 0 bridgehead atoms. The monoisotopic (exact) mass is 322 g/mol. The summed E-state index contributed by atoms with van der Waals surface area (Å²) in [6, 6.07) is 12.9. The van der Waals surface area contributed by atoms with Crippen molar-refractivity contribution < 1.29 is 10.5 Å². The number of para-hydroxylation sites is 1. The van der Waals surface area contributed by atoms with Crippen molar-refractivity contribution in [2.75, 3.05) is 0 Å². The zero-order chi connectivity index (χ0) is 17.4. The first-order valence-corrected chi connectivity index (χ1v) is 7.21. The fraction of sp³-hybridized carbons (Fsp3) is 0. The lowest BCUT2D eigenvalue weighted by molar-refractivity contribution is 0.442. The van der Waals surface area contributed by atoms with E-state index in [0.29, 0.717) is 16.7 Å². The molecule has 6 heteroatoms.